The Kier molecular flexibility index (Phi) is 6.55. The summed E-state index contributed by atoms with van der Waals surface area (Å²) in [6.07, 6.45) is 1.99. The number of nitro groups is 1. The van der Waals surface area contributed by atoms with Gasteiger partial charge in [-0.15, -0.1) is 0 Å². The van der Waals surface area contributed by atoms with E-state index in [4.69, 9.17) is 14.2 Å². The van der Waals surface area contributed by atoms with Gasteiger partial charge in [-0.3, -0.25) is 14.9 Å². The van der Waals surface area contributed by atoms with Crippen molar-refractivity contribution in [1.29, 1.82) is 0 Å². The summed E-state index contributed by atoms with van der Waals surface area (Å²) in [6, 6.07) is 6.36. The predicted octanol–water partition coefficient (Wildman–Crippen LogP) is 2.37. The predicted molar refractivity (Wildman–Crippen MR) is 110 cm³/mol. The first-order chi connectivity index (χ1) is 14.5. The molecule has 1 amide bonds. The number of amides is 1. The second-order valence-corrected chi connectivity index (χ2v) is 6.68. The first-order valence-corrected chi connectivity index (χ1v) is 9.43. The number of benzene rings is 1. The summed E-state index contributed by atoms with van der Waals surface area (Å²) in [5.74, 6) is 1.80. The van der Waals surface area contributed by atoms with E-state index in [9.17, 15) is 14.9 Å². The van der Waals surface area contributed by atoms with Crippen LogP contribution in [0.4, 0.5) is 11.5 Å². The van der Waals surface area contributed by atoms with Crippen LogP contribution in [0.25, 0.3) is 0 Å². The van der Waals surface area contributed by atoms with E-state index in [0.29, 0.717) is 54.8 Å². The maximum atomic E-state index is 13.1. The Balaban J connectivity index is 1.75. The average Bonchev–Trinajstić information content (AvgIpc) is 3.03. The van der Waals surface area contributed by atoms with Crippen molar-refractivity contribution in [2.45, 2.75) is 6.42 Å². The molecule has 0 aliphatic carbocycles. The molecule has 1 aromatic carbocycles. The van der Waals surface area contributed by atoms with E-state index in [1.165, 1.54) is 33.6 Å². The Hall–Kier alpha value is -3.56. The maximum absolute atomic E-state index is 13.1. The van der Waals surface area contributed by atoms with Gasteiger partial charge in [0.05, 0.1) is 26.3 Å². The number of ether oxygens (including phenoxy) is 3. The van der Waals surface area contributed by atoms with Crippen LogP contribution in [0.1, 0.15) is 16.8 Å². The van der Waals surface area contributed by atoms with Crippen molar-refractivity contribution in [1.82, 2.24) is 9.88 Å². The van der Waals surface area contributed by atoms with Crippen LogP contribution in [0.3, 0.4) is 0 Å². The molecule has 0 atom stereocenters. The van der Waals surface area contributed by atoms with Crippen molar-refractivity contribution in [3.8, 4) is 17.2 Å². The summed E-state index contributed by atoms with van der Waals surface area (Å²) < 4.78 is 16.0. The van der Waals surface area contributed by atoms with Gasteiger partial charge in [0.15, 0.2) is 11.5 Å². The zero-order valence-corrected chi connectivity index (χ0v) is 17.2. The lowest BCUT2D eigenvalue weighted by molar-refractivity contribution is -0.385. The van der Waals surface area contributed by atoms with Gasteiger partial charge >= 0.3 is 0 Å². The number of hydrogen-bond donors (Lipinski definition) is 0. The largest absolute Gasteiger partial charge is 0.493 e. The highest BCUT2D eigenvalue weighted by Gasteiger charge is 2.24. The minimum Gasteiger partial charge on any atom is -0.493 e. The number of carbonyl (C=O) groups is 1. The highest BCUT2D eigenvalue weighted by atomic mass is 16.6. The standard InChI is InChI=1S/C20H24N4O6/c1-28-16-11-14(12-17(29-2)19(16)30-3)20(25)23-8-4-7-22(9-10-23)18-6-5-15(13-21-18)24(26)27/h5-6,11-13H,4,7-10H2,1-3H3. The monoisotopic (exact) mass is 416 g/mol. The van der Waals surface area contributed by atoms with Crippen molar-refractivity contribution in [3.05, 3.63) is 46.1 Å². The van der Waals surface area contributed by atoms with Gasteiger partial charge < -0.3 is 24.0 Å². The molecular formula is C20H24N4O6. The van der Waals surface area contributed by atoms with Crippen molar-refractivity contribution < 1.29 is 23.9 Å². The number of nitrogens with zero attached hydrogens (tertiary/aromatic N) is 4. The molecule has 1 fully saturated rings. The van der Waals surface area contributed by atoms with Crippen LogP contribution >= 0.6 is 0 Å². The Labute approximate surface area is 174 Å². The summed E-state index contributed by atoms with van der Waals surface area (Å²) in [5.41, 5.74) is 0.402. The molecule has 2 aromatic rings. The third kappa shape index (κ3) is 4.37. The number of hydrogen-bond acceptors (Lipinski definition) is 8. The van der Waals surface area contributed by atoms with Gasteiger partial charge in [0.25, 0.3) is 11.6 Å². The zero-order chi connectivity index (χ0) is 21.7. The molecule has 0 radical (unpaired) electrons. The Morgan fingerprint density at radius 2 is 1.73 bits per heavy atom. The van der Waals surface area contributed by atoms with Crippen LogP contribution in [-0.4, -0.2) is 68.2 Å². The Bertz CT molecular complexity index is 893. The van der Waals surface area contributed by atoms with Crippen LogP contribution in [0.2, 0.25) is 0 Å². The van der Waals surface area contributed by atoms with Gasteiger partial charge in [0.2, 0.25) is 5.75 Å². The van der Waals surface area contributed by atoms with Gasteiger partial charge in [-0.1, -0.05) is 0 Å². The maximum Gasteiger partial charge on any atom is 0.287 e. The molecule has 160 valence electrons. The summed E-state index contributed by atoms with van der Waals surface area (Å²) in [7, 11) is 4.52. The fraction of sp³-hybridized carbons (Fsp3) is 0.400. The van der Waals surface area contributed by atoms with Crippen molar-refractivity contribution in [3.63, 3.8) is 0 Å². The molecule has 0 unspecified atom stereocenters. The Morgan fingerprint density at radius 1 is 1.03 bits per heavy atom. The molecule has 2 heterocycles. The number of aromatic nitrogens is 1. The van der Waals surface area contributed by atoms with E-state index in [1.54, 1.807) is 23.1 Å². The van der Waals surface area contributed by atoms with E-state index >= 15 is 0 Å². The summed E-state index contributed by atoms with van der Waals surface area (Å²) in [4.78, 5) is 31.4. The number of carbonyl (C=O) groups excluding carboxylic acids is 1. The van der Waals surface area contributed by atoms with E-state index in [1.807, 2.05) is 4.90 Å². The topological polar surface area (TPSA) is 107 Å². The minimum atomic E-state index is -0.475. The molecule has 0 spiro atoms. The molecule has 1 aliphatic heterocycles. The van der Waals surface area contributed by atoms with Crippen molar-refractivity contribution in [2.24, 2.45) is 0 Å². The fourth-order valence-corrected chi connectivity index (χ4v) is 3.41. The van der Waals surface area contributed by atoms with Gasteiger partial charge in [0.1, 0.15) is 12.0 Å². The normalized spacial score (nSPS) is 14.1. The molecule has 3 rings (SSSR count). The highest BCUT2D eigenvalue weighted by Crippen LogP contribution is 2.38. The molecule has 1 saturated heterocycles. The van der Waals surface area contributed by atoms with Crippen molar-refractivity contribution >= 4 is 17.4 Å². The highest BCUT2D eigenvalue weighted by molar-refractivity contribution is 5.95. The minimum absolute atomic E-state index is 0.0484. The summed E-state index contributed by atoms with van der Waals surface area (Å²) in [5, 5.41) is 10.8. The SMILES string of the molecule is COc1cc(C(=O)N2CCCN(c3ccc([N+](=O)[O-])cn3)CC2)cc(OC)c1OC. The number of rotatable bonds is 6. The molecule has 1 aromatic heterocycles. The summed E-state index contributed by atoms with van der Waals surface area (Å²) >= 11 is 0. The lowest BCUT2D eigenvalue weighted by atomic mass is 10.1. The third-order valence-electron chi connectivity index (χ3n) is 4.96. The van der Waals surface area contributed by atoms with Crippen LogP contribution in [0.15, 0.2) is 30.5 Å². The van der Waals surface area contributed by atoms with E-state index < -0.39 is 4.92 Å². The fourth-order valence-electron chi connectivity index (χ4n) is 3.41. The van der Waals surface area contributed by atoms with E-state index in [-0.39, 0.29) is 11.6 Å². The van der Waals surface area contributed by atoms with Crippen LogP contribution in [-0.2, 0) is 0 Å². The zero-order valence-electron chi connectivity index (χ0n) is 17.2. The van der Waals surface area contributed by atoms with Gasteiger partial charge in [-0.05, 0) is 24.6 Å². The van der Waals surface area contributed by atoms with Crippen molar-refractivity contribution in [2.75, 3.05) is 52.4 Å². The van der Waals surface area contributed by atoms with E-state index in [0.717, 1.165) is 6.42 Å². The lowest BCUT2D eigenvalue weighted by Crippen LogP contribution is -2.35. The van der Waals surface area contributed by atoms with Crippen LogP contribution < -0.4 is 19.1 Å². The third-order valence-corrected chi connectivity index (χ3v) is 4.96. The Morgan fingerprint density at radius 3 is 2.27 bits per heavy atom. The van der Waals surface area contributed by atoms with E-state index in [2.05, 4.69) is 4.98 Å². The van der Waals surface area contributed by atoms with Gasteiger partial charge in [-0.2, -0.15) is 0 Å². The lowest BCUT2D eigenvalue weighted by Gasteiger charge is -2.23. The number of anilines is 1. The number of pyridine rings is 1. The summed E-state index contributed by atoms with van der Waals surface area (Å²) in [6.45, 7) is 2.35. The molecule has 0 saturated carbocycles. The molecule has 1 aliphatic rings. The molecular weight excluding hydrogens is 392 g/mol. The molecule has 10 nitrogen and oxygen atoms in total. The number of methoxy groups -OCH3 is 3. The quantitative estimate of drug-likeness (QED) is 0.522. The van der Waals surface area contributed by atoms with Gasteiger partial charge in [-0.25, -0.2) is 4.98 Å². The second-order valence-electron chi connectivity index (χ2n) is 6.68. The molecule has 0 N–H and O–H groups in total. The van der Waals surface area contributed by atoms with Crippen LogP contribution in [0, 0.1) is 10.1 Å². The molecule has 0 bridgehead atoms. The first kappa shape index (κ1) is 21.2. The first-order valence-electron chi connectivity index (χ1n) is 9.43. The molecule has 30 heavy (non-hydrogen) atoms. The molecule has 10 heteroatoms. The van der Waals surface area contributed by atoms with Gasteiger partial charge in [0, 0.05) is 37.8 Å². The average molecular weight is 416 g/mol. The second kappa shape index (κ2) is 9.29. The smallest absolute Gasteiger partial charge is 0.287 e. The van der Waals surface area contributed by atoms with Crippen LogP contribution in [0.5, 0.6) is 17.2 Å².